The molecule has 0 atom stereocenters. The molecule has 4 aromatic rings. The molecule has 0 aliphatic carbocycles. The summed E-state index contributed by atoms with van der Waals surface area (Å²) in [5, 5.41) is 2.91. The summed E-state index contributed by atoms with van der Waals surface area (Å²) in [7, 11) is 1.60. The third-order valence-corrected chi connectivity index (χ3v) is 4.14. The first-order chi connectivity index (χ1) is 12.7. The van der Waals surface area contributed by atoms with Gasteiger partial charge in [0, 0.05) is 16.8 Å². The van der Waals surface area contributed by atoms with E-state index < -0.39 is 0 Å². The van der Waals surface area contributed by atoms with Gasteiger partial charge in [0.2, 0.25) is 0 Å². The fourth-order valence-electron chi connectivity index (χ4n) is 2.77. The first-order valence-corrected chi connectivity index (χ1v) is 8.23. The van der Waals surface area contributed by atoms with Crippen molar-refractivity contribution in [3.8, 4) is 17.1 Å². The number of carbonyl (C=O) groups is 1. The Hall–Kier alpha value is -3.60. The van der Waals surface area contributed by atoms with Gasteiger partial charge in [-0.2, -0.15) is 0 Å². The highest BCUT2D eigenvalue weighted by molar-refractivity contribution is 6.05. The minimum absolute atomic E-state index is 0.171. The minimum Gasteiger partial charge on any atom is -0.497 e. The molecule has 0 spiro atoms. The topological polar surface area (TPSA) is 67.0 Å². The number of H-pyrrole nitrogens is 1. The van der Waals surface area contributed by atoms with Crippen LogP contribution in [0.25, 0.3) is 22.4 Å². The smallest absolute Gasteiger partial charge is 0.255 e. The van der Waals surface area contributed by atoms with Crippen LogP contribution in [0.3, 0.4) is 0 Å². The van der Waals surface area contributed by atoms with Crippen LogP contribution in [0.5, 0.6) is 5.75 Å². The summed E-state index contributed by atoms with van der Waals surface area (Å²) in [6, 6.07) is 22.5. The lowest BCUT2D eigenvalue weighted by molar-refractivity contribution is 0.102. The Bertz CT molecular complexity index is 1050. The Morgan fingerprint density at radius 3 is 2.50 bits per heavy atom. The monoisotopic (exact) mass is 343 g/mol. The highest BCUT2D eigenvalue weighted by Crippen LogP contribution is 2.23. The molecule has 0 fully saturated rings. The summed E-state index contributed by atoms with van der Waals surface area (Å²) in [5.74, 6) is 1.35. The molecule has 26 heavy (non-hydrogen) atoms. The molecule has 0 saturated heterocycles. The molecule has 5 heteroatoms. The largest absolute Gasteiger partial charge is 0.497 e. The van der Waals surface area contributed by atoms with Gasteiger partial charge in [-0.25, -0.2) is 4.98 Å². The number of ether oxygens (including phenoxy) is 1. The zero-order chi connectivity index (χ0) is 17.9. The summed E-state index contributed by atoms with van der Waals surface area (Å²) < 4.78 is 5.11. The van der Waals surface area contributed by atoms with Gasteiger partial charge in [-0.1, -0.05) is 30.3 Å². The number of fused-ring (bicyclic) bond motifs is 1. The Kier molecular flexibility index (Phi) is 4.11. The molecule has 1 amide bonds. The number of hydrogen-bond donors (Lipinski definition) is 2. The molecule has 1 heterocycles. The molecule has 0 bridgehead atoms. The van der Waals surface area contributed by atoms with Gasteiger partial charge in [-0.15, -0.1) is 0 Å². The van der Waals surface area contributed by atoms with Crippen LogP contribution < -0.4 is 10.1 Å². The average molecular weight is 343 g/mol. The van der Waals surface area contributed by atoms with Crippen molar-refractivity contribution in [2.45, 2.75) is 0 Å². The number of amides is 1. The molecule has 1 aromatic heterocycles. The summed E-state index contributed by atoms with van der Waals surface area (Å²) >= 11 is 0. The number of nitrogens with one attached hydrogen (secondary N) is 2. The number of benzene rings is 3. The zero-order valence-corrected chi connectivity index (χ0v) is 14.2. The van der Waals surface area contributed by atoms with E-state index in [1.54, 1.807) is 31.4 Å². The predicted molar refractivity (Wildman–Crippen MR) is 102 cm³/mol. The Labute approximate surface area is 150 Å². The van der Waals surface area contributed by atoms with E-state index in [1.807, 2.05) is 48.5 Å². The van der Waals surface area contributed by atoms with E-state index in [4.69, 9.17) is 4.74 Å². The Morgan fingerprint density at radius 1 is 1.00 bits per heavy atom. The van der Waals surface area contributed by atoms with Crippen molar-refractivity contribution in [2.24, 2.45) is 0 Å². The van der Waals surface area contributed by atoms with Gasteiger partial charge < -0.3 is 15.0 Å². The molecule has 0 radical (unpaired) electrons. The second-order valence-electron chi connectivity index (χ2n) is 5.87. The number of rotatable bonds is 4. The first-order valence-electron chi connectivity index (χ1n) is 8.23. The van der Waals surface area contributed by atoms with E-state index in [2.05, 4.69) is 15.3 Å². The van der Waals surface area contributed by atoms with Gasteiger partial charge in [0.1, 0.15) is 11.6 Å². The van der Waals surface area contributed by atoms with Gasteiger partial charge in [-0.3, -0.25) is 4.79 Å². The number of carbonyl (C=O) groups excluding carboxylic acids is 1. The van der Waals surface area contributed by atoms with Crippen LogP contribution in [-0.4, -0.2) is 23.0 Å². The molecule has 0 aliphatic rings. The number of anilines is 1. The van der Waals surface area contributed by atoms with Crippen molar-refractivity contribution in [3.63, 3.8) is 0 Å². The number of aromatic nitrogens is 2. The molecule has 0 unspecified atom stereocenters. The molecule has 2 N–H and O–H groups in total. The number of methoxy groups -OCH3 is 1. The number of aromatic amines is 1. The third-order valence-electron chi connectivity index (χ3n) is 4.14. The van der Waals surface area contributed by atoms with Crippen molar-refractivity contribution in [3.05, 3.63) is 78.4 Å². The predicted octanol–water partition coefficient (Wildman–Crippen LogP) is 4.49. The summed E-state index contributed by atoms with van der Waals surface area (Å²) in [5.41, 5.74) is 4.03. The van der Waals surface area contributed by atoms with Crippen LogP contribution in [-0.2, 0) is 0 Å². The van der Waals surface area contributed by atoms with Crippen LogP contribution in [0.1, 0.15) is 10.4 Å². The standard InChI is InChI=1S/C21H17N3O2/c1-26-17-10-7-15(8-11-17)21(25)22-16-9-12-18-19(13-16)24-20(23-18)14-5-3-2-4-6-14/h2-13H,1H3,(H,22,25)(H,23,24). The van der Waals surface area contributed by atoms with Crippen LogP contribution in [0, 0.1) is 0 Å². The molecular formula is C21H17N3O2. The second kappa shape index (κ2) is 6.72. The van der Waals surface area contributed by atoms with Crippen LogP contribution in [0.15, 0.2) is 72.8 Å². The third kappa shape index (κ3) is 3.15. The van der Waals surface area contributed by atoms with Crippen molar-refractivity contribution in [1.82, 2.24) is 9.97 Å². The van der Waals surface area contributed by atoms with Crippen molar-refractivity contribution < 1.29 is 9.53 Å². The van der Waals surface area contributed by atoms with Crippen LogP contribution in [0.4, 0.5) is 5.69 Å². The SMILES string of the molecule is COc1ccc(C(=O)Nc2ccc3nc(-c4ccccc4)[nH]c3c2)cc1. The second-order valence-corrected chi connectivity index (χ2v) is 5.87. The number of nitrogens with zero attached hydrogens (tertiary/aromatic N) is 1. The maximum absolute atomic E-state index is 12.4. The van der Waals surface area contributed by atoms with E-state index in [0.29, 0.717) is 17.0 Å². The van der Waals surface area contributed by atoms with Crippen molar-refractivity contribution in [1.29, 1.82) is 0 Å². The lowest BCUT2D eigenvalue weighted by Crippen LogP contribution is -2.11. The highest BCUT2D eigenvalue weighted by Gasteiger charge is 2.09. The maximum atomic E-state index is 12.4. The zero-order valence-electron chi connectivity index (χ0n) is 14.2. The van der Waals surface area contributed by atoms with Crippen molar-refractivity contribution >= 4 is 22.6 Å². The lowest BCUT2D eigenvalue weighted by atomic mass is 10.2. The molecule has 3 aromatic carbocycles. The molecule has 128 valence electrons. The van der Waals surface area contributed by atoms with E-state index in [0.717, 1.165) is 22.4 Å². The average Bonchev–Trinajstić information content (AvgIpc) is 3.12. The fraction of sp³-hybridized carbons (Fsp3) is 0.0476. The molecule has 4 rings (SSSR count). The summed E-state index contributed by atoms with van der Waals surface area (Å²) in [6.45, 7) is 0. The Morgan fingerprint density at radius 2 is 1.77 bits per heavy atom. The molecule has 0 saturated carbocycles. The van der Waals surface area contributed by atoms with Crippen LogP contribution >= 0.6 is 0 Å². The highest BCUT2D eigenvalue weighted by atomic mass is 16.5. The van der Waals surface area contributed by atoms with Crippen molar-refractivity contribution in [2.75, 3.05) is 12.4 Å². The maximum Gasteiger partial charge on any atom is 0.255 e. The van der Waals surface area contributed by atoms with E-state index in [1.165, 1.54) is 0 Å². The van der Waals surface area contributed by atoms with Gasteiger partial charge in [0.15, 0.2) is 0 Å². The minimum atomic E-state index is -0.171. The quantitative estimate of drug-likeness (QED) is 0.574. The van der Waals surface area contributed by atoms with E-state index in [-0.39, 0.29) is 5.91 Å². The number of imidazole rings is 1. The van der Waals surface area contributed by atoms with Crippen LogP contribution in [0.2, 0.25) is 0 Å². The summed E-state index contributed by atoms with van der Waals surface area (Å²) in [6.07, 6.45) is 0. The lowest BCUT2D eigenvalue weighted by Gasteiger charge is -2.06. The van der Waals surface area contributed by atoms with E-state index >= 15 is 0 Å². The van der Waals surface area contributed by atoms with E-state index in [9.17, 15) is 4.79 Å². The van der Waals surface area contributed by atoms with Gasteiger partial charge >= 0.3 is 0 Å². The first kappa shape index (κ1) is 15.9. The van der Waals surface area contributed by atoms with Gasteiger partial charge in [0.05, 0.1) is 18.1 Å². The summed E-state index contributed by atoms with van der Waals surface area (Å²) in [4.78, 5) is 20.3. The molecule has 5 nitrogen and oxygen atoms in total. The Balaban J connectivity index is 1.58. The normalized spacial score (nSPS) is 10.7. The van der Waals surface area contributed by atoms with Gasteiger partial charge in [0.25, 0.3) is 5.91 Å². The number of hydrogen-bond acceptors (Lipinski definition) is 3. The molecule has 0 aliphatic heterocycles. The molecular weight excluding hydrogens is 326 g/mol. The van der Waals surface area contributed by atoms with Gasteiger partial charge in [-0.05, 0) is 42.5 Å². The fourth-order valence-corrected chi connectivity index (χ4v) is 2.77.